The second kappa shape index (κ2) is 57.9. The van der Waals surface area contributed by atoms with E-state index in [9.17, 15) is 43.2 Å². The Bertz CT molecular complexity index is 1730. The Labute approximate surface area is 530 Å². The monoisotopic (exact) mass is 1280 g/mol. The van der Waals surface area contributed by atoms with Crippen LogP contribution in [0.4, 0.5) is 0 Å². The summed E-state index contributed by atoms with van der Waals surface area (Å²) in [5.74, 6) is 0.749. The van der Waals surface area contributed by atoms with Crippen molar-refractivity contribution >= 4 is 39.5 Å². The van der Waals surface area contributed by atoms with E-state index in [0.29, 0.717) is 37.5 Å². The van der Waals surface area contributed by atoms with Crippen LogP contribution in [-0.4, -0.2) is 96.7 Å². The van der Waals surface area contributed by atoms with Crippen molar-refractivity contribution in [2.75, 3.05) is 39.6 Å². The number of aliphatic hydroxyl groups excluding tert-OH is 1. The lowest BCUT2D eigenvalue weighted by atomic mass is 10.00. The predicted molar refractivity (Wildman–Crippen MR) is 349 cm³/mol. The average molecular weight is 1280 g/mol. The maximum absolute atomic E-state index is 13.0. The minimum absolute atomic E-state index is 0.101. The lowest BCUT2D eigenvalue weighted by Gasteiger charge is -2.21. The van der Waals surface area contributed by atoms with Gasteiger partial charge in [-0.05, 0) is 49.4 Å². The van der Waals surface area contributed by atoms with Gasteiger partial charge in [0.2, 0.25) is 0 Å². The fourth-order valence-electron chi connectivity index (χ4n) is 10.1. The molecule has 0 saturated heterocycles. The molecule has 0 aliphatic carbocycles. The topological polar surface area (TPSA) is 237 Å². The summed E-state index contributed by atoms with van der Waals surface area (Å²) < 4.78 is 68.1. The number of hydrogen-bond donors (Lipinski definition) is 3. The third-order valence-electron chi connectivity index (χ3n) is 15.9. The molecule has 19 heteroatoms. The summed E-state index contributed by atoms with van der Waals surface area (Å²) in [6.45, 7) is 13.9. The summed E-state index contributed by atoms with van der Waals surface area (Å²) in [4.78, 5) is 72.3. The van der Waals surface area contributed by atoms with Crippen LogP contribution in [0, 0.1) is 23.7 Å². The molecule has 0 aromatic carbocycles. The first-order valence-electron chi connectivity index (χ1n) is 35.2. The van der Waals surface area contributed by atoms with E-state index in [1.54, 1.807) is 0 Å². The first-order valence-corrected chi connectivity index (χ1v) is 38.2. The van der Waals surface area contributed by atoms with E-state index in [1.807, 2.05) is 0 Å². The molecule has 0 radical (unpaired) electrons. The van der Waals surface area contributed by atoms with Crippen LogP contribution in [0.5, 0.6) is 0 Å². The van der Waals surface area contributed by atoms with E-state index >= 15 is 0 Å². The van der Waals surface area contributed by atoms with Crippen LogP contribution < -0.4 is 0 Å². The summed E-state index contributed by atoms with van der Waals surface area (Å²) in [6.07, 6.45) is 39.4. The van der Waals surface area contributed by atoms with Crippen LogP contribution in [0.2, 0.25) is 0 Å². The highest BCUT2D eigenvalue weighted by Crippen LogP contribution is 2.45. The highest BCUT2D eigenvalue weighted by molar-refractivity contribution is 7.47. The summed E-state index contributed by atoms with van der Waals surface area (Å²) in [7, 11) is -9.89. The molecule has 0 fully saturated rings. The second-order valence-corrected chi connectivity index (χ2v) is 29.1. The summed E-state index contributed by atoms with van der Waals surface area (Å²) in [5, 5.41) is 10.6. The highest BCUT2D eigenvalue weighted by atomic mass is 31.2. The van der Waals surface area contributed by atoms with Crippen LogP contribution in [0.25, 0.3) is 0 Å². The average Bonchev–Trinajstić information content (AvgIpc) is 3.51. The first kappa shape index (κ1) is 85.1. The van der Waals surface area contributed by atoms with Gasteiger partial charge in [-0.15, -0.1) is 0 Å². The van der Waals surface area contributed by atoms with Crippen molar-refractivity contribution in [3.05, 3.63) is 0 Å². The van der Waals surface area contributed by atoms with Crippen molar-refractivity contribution in [2.45, 2.75) is 350 Å². The summed E-state index contributed by atoms with van der Waals surface area (Å²) in [5.41, 5.74) is 0. The zero-order valence-electron chi connectivity index (χ0n) is 56.6. The molecular formula is C68H132O17P2. The number of aliphatic hydroxyl groups is 1. The van der Waals surface area contributed by atoms with Gasteiger partial charge in [-0.1, -0.05) is 280 Å². The third kappa shape index (κ3) is 61.3. The van der Waals surface area contributed by atoms with Gasteiger partial charge >= 0.3 is 39.5 Å². The number of carbonyl (C=O) groups is 4. The Kier molecular flexibility index (Phi) is 56.6. The number of ether oxygens (including phenoxy) is 4. The van der Waals surface area contributed by atoms with Gasteiger partial charge < -0.3 is 33.8 Å². The number of rotatable bonds is 65. The molecule has 17 nitrogen and oxygen atoms in total. The van der Waals surface area contributed by atoms with Crippen molar-refractivity contribution < 1.29 is 80.2 Å². The van der Waals surface area contributed by atoms with Gasteiger partial charge in [0.05, 0.1) is 26.4 Å². The Balaban J connectivity index is 5.17. The SMILES string of the molecule is CCC(C)CCCCCCCCC(=O)OC[C@H](COP(=O)(O)OCC(O)COP(=O)(O)OC[C@@H](COC(=O)CCCCCCCCC(C)C)OC(=O)CCCCCCCCCCCCCCCCCCC(C)C)OC(=O)CCCCCCCCC(C)C. The fraction of sp³-hybridized carbons (Fsp3) is 0.941. The molecule has 3 N–H and O–H groups in total. The molecule has 0 aliphatic heterocycles. The van der Waals surface area contributed by atoms with E-state index in [0.717, 1.165) is 115 Å². The number of phosphoric ester groups is 2. The summed E-state index contributed by atoms with van der Waals surface area (Å²) in [6, 6.07) is 0. The first-order chi connectivity index (χ1) is 41.6. The minimum atomic E-state index is -4.95. The summed E-state index contributed by atoms with van der Waals surface area (Å²) >= 11 is 0. The van der Waals surface area contributed by atoms with Crippen LogP contribution in [0.15, 0.2) is 0 Å². The minimum Gasteiger partial charge on any atom is -0.462 e. The van der Waals surface area contributed by atoms with Crippen molar-refractivity contribution in [3.63, 3.8) is 0 Å². The lowest BCUT2D eigenvalue weighted by Crippen LogP contribution is -2.30. The molecule has 0 bridgehead atoms. The zero-order chi connectivity index (χ0) is 64.7. The van der Waals surface area contributed by atoms with Crippen molar-refractivity contribution in [2.24, 2.45) is 23.7 Å². The van der Waals surface area contributed by atoms with E-state index in [-0.39, 0.29) is 25.7 Å². The Morgan fingerprint density at radius 3 is 0.816 bits per heavy atom. The van der Waals surface area contributed by atoms with Crippen LogP contribution >= 0.6 is 15.6 Å². The molecule has 0 heterocycles. The molecule has 0 aromatic heterocycles. The molecule has 516 valence electrons. The quantitative estimate of drug-likeness (QED) is 0.0222. The normalized spacial score (nSPS) is 14.6. The van der Waals surface area contributed by atoms with Gasteiger partial charge in [0.1, 0.15) is 19.3 Å². The number of esters is 4. The Morgan fingerprint density at radius 2 is 0.552 bits per heavy atom. The van der Waals surface area contributed by atoms with Gasteiger partial charge in [0.25, 0.3) is 0 Å². The van der Waals surface area contributed by atoms with Gasteiger partial charge in [0.15, 0.2) is 12.2 Å². The van der Waals surface area contributed by atoms with Crippen LogP contribution in [0.3, 0.4) is 0 Å². The Hall–Kier alpha value is -1.94. The molecule has 0 saturated carbocycles. The molecule has 87 heavy (non-hydrogen) atoms. The molecule has 0 aromatic rings. The molecule has 0 rings (SSSR count). The van der Waals surface area contributed by atoms with E-state index in [2.05, 4.69) is 55.4 Å². The lowest BCUT2D eigenvalue weighted by molar-refractivity contribution is -0.161. The fourth-order valence-corrected chi connectivity index (χ4v) is 11.7. The van der Waals surface area contributed by atoms with E-state index < -0.39 is 97.5 Å². The van der Waals surface area contributed by atoms with Gasteiger partial charge in [-0.2, -0.15) is 0 Å². The number of hydrogen-bond acceptors (Lipinski definition) is 15. The number of phosphoric acid groups is 2. The number of carbonyl (C=O) groups excluding carboxylic acids is 4. The maximum atomic E-state index is 13.0. The standard InChI is InChI=1S/C68H132O17P2/c1-9-61(8)47-39-31-24-27-33-41-49-66(71)79-55-64(85-68(73)51-43-35-26-23-30-38-46-60(6)7)57-83-87(76,77)81-53-62(69)52-80-86(74,75)82-56-63(54-78-65(70)48-40-32-25-22-29-37-45-59(4)5)84-67(72)50-42-34-21-19-17-15-13-11-10-12-14-16-18-20-28-36-44-58(2)3/h58-64,69H,9-57H2,1-8H3,(H,74,75)(H,76,77)/t61?,62?,63-,64-/m1/s1. The predicted octanol–water partition coefficient (Wildman–Crippen LogP) is 18.9. The van der Waals surface area contributed by atoms with E-state index in [1.165, 1.54) is 122 Å². The molecule has 6 atom stereocenters. The smallest absolute Gasteiger partial charge is 0.462 e. The molecule has 0 amide bonds. The number of unbranched alkanes of at least 4 members (excludes halogenated alkanes) is 30. The van der Waals surface area contributed by atoms with Gasteiger partial charge in [-0.3, -0.25) is 37.3 Å². The van der Waals surface area contributed by atoms with E-state index in [4.69, 9.17) is 37.0 Å². The van der Waals surface area contributed by atoms with Crippen molar-refractivity contribution in [3.8, 4) is 0 Å². The largest absolute Gasteiger partial charge is 0.472 e. The van der Waals surface area contributed by atoms with Gasteiger partial charge in [0, 0.05) is 25.7 Å². The van der Waals surface area contributed by atoms with Crippen molar-refractivity contribution in [1.29, 1.82) is 0 Å². The van der Waals surface area contributed by atoms with Crippen LogP contribution in [-0.2, 0) is 65.4 Å². The molecule has 0 spiro atoms. The highest BCUT2D eigenvalue weighted by Gasteiger charge is 2.30. The van der Waals surface area contributed by atoms with Crippen molar-refractivity contribution in [1.82, 2.24) is 0 Å². The maximum Gasteiger partial charge on any atom is 0.472 e. The molecule has 0 aliphatic rings. The van der Waals surface area contributed by atoms with Gasteiger partial charge in [-0.25, -0.2) is 9.13 Å². The molecule has 4 unspecified atom stereocenters. The second-order valence-electron chi connectivity index (χ2n) is 26.2. The molecular weight excluding hydrogens is 1150 g/mol. The Morgan fingerprint density at radius 1 is 0.322 bits per heavy atom. The zero-order valence-corrected chi connectivity index (χ0v) is 58.4. The third-order valence-corrected chi connectivity index (χ3v) is 17.8. The van der Waals surface area contributed by atoms with Crippen LogP contribution in [0.1, 0.15) is 331 Å².